The number of amides is 2. The van der Waals surface area contributed by atoms with E-state index in [1.807, 2.05) is 13.8 Å². The summed E-state index contributed by atoms with van der Waals surface area (Å²) in [6.07, 6.45) is 2.45. The number of anilines is 2. The molecule has 1 aromatic heterocycles. The Hall–Kier alpha value is -2.67. The summed E-state index contributed by atoms with van der Waals surface area (Å²) in [5.41, 5.74) is 1.95. The zero-order valence-corrected chi connectivity index (χ0v) is 15.4. The summed E-state index contributed by atoms with van der Waals surface area (Å²) in [6, 6.07) is 6.56. The molecule has 2 amide bonds. The van der Waals surface area contributed by atoms with E-state index in [0.29, 0.717) is 22.7 Å². The Morgan fingerprint density at radius 1 is 1.15 bits per heavy atom. The van der Waals surface area contributed by atoms with Crippen molar-refractivity contribution in [2.24, 2.45) is 5.92 Å². The third-order valence-corrected chi connectivity index (χ3v) is 5.43. The Morgan fingerprint density at radius 3 is 2.35 bits per heavy atom. The van der Waals surface area contributed by atoms with Gasteiger partial charge < -0.3 is 15.7 Å². The van der Waals surface area contributed by atoms with Gasteiger partial charge in [-0.1, -0.05) is 6.92 Å². The van der Waals surface area contributed by atoms with Gasteiger partial charge in [0.1, 0.15) is 5.00 Å². The second-order valence-electron chi connectivity index (χ2n) is 6.29. The summed E-state index contributed by atoms with van der Waals surface area (Å²) in [5, 5.41) is 15.3. The van der Waals surface area contributed by atoms with Gasteiger partial charge in [0.2, 0.25) is 5.91 Å². The van der Waals surface area contributed by atoms with Crippen LogP contribution >= 0.6 is 11.3 Å². The summed E-state index contributed by atoms with van der Waals surface area (Å²) >= 11 is 1.27. The first-order valence-electron chi connectivity index (χ1n) is 8.48. The number of aromatic carboxylic acids is 1. The fraction of sp³-hybridized carbons (Fsp3) is 0.316. The normalized spacial score (nSPS) is 13.3. The quantitative estimate of drug-likeness (QED) is 0.716. The molecular formula is C19H20N2O4S. The van der Waals surface area contributed by atoms with E-state index in [-0.39, 0.29) is 23.3 Å². The molecule has 1 saturated carbocycles. The summed E-state index contributed by atoms with van der Waals surface area (Å²) in [6.45, 7) is 3.74. The van der Waals surface area contributed by atoms with Crippen molar-refractivity contribution in [3.05, 3.63) is 45.8 Å². The summed E-state index contributed by atoms with van der Waals surface area (Å²) in [4.78, 5) is 36.7. The Balaban J connectivity index is 1.74. The number of hydrogen-bond acceptors (Lipinski definition) is 4. The first-order valence-corrected chi connectivity index (χ1v) is 9.30. The van der Waals surface area contributed by atoms with E-state index in [0.717, 1.165) is 23.3 Å². The zero-order chi connectivity index (χ0) is 18.8. The molecule has 3 N–H and O–H groups in total. The average molecular weight is 372 g/mol. The fourth-order valence-electron chi connectivity index (χ4n) is 2.79. The second kappa shape index (κ2) is 7.29. The number of rotatable bonds is 6. The molecule has 1 heterocycles. The van der Waals surface area contributed by atoms with E-state index in [1.54, 1.807) is 24.3 Å². The van der Waals surface area contributed by atoms with Gasteiger partial charge in [0.25, 0.3) is 5.91 Å². The van der Waals surface area contributed by atoms with E-state index >= 15 is 0 Å². The van der Waals surface area contributed by atoms with Gasteiger partial charge in [-0.2, -0.15) is 0 Å². The Kier molecular flexibility index (Phi) is 5.08. The molecule has 0 aliphatic heterocycles. The topological polar surface area (TPSA) is 95.5 Å². The third-order valence-electron chi connectivity index (χ3n) is 4.37. The molecule has 136 valence electrons. The molecule has 0 saturated heterocycles. The lowest BCUT2D eigenvalue weighted by atomic mass is 10.1. The van der Waals surface area contributed by atoms with E-state index in [2.05, 4.69) is 10.6 Å². The molecule has 0 bridgehead atoms. The maximum Gasteiger partial charge on any atom is 0.339 e. The van der Waals surface area contributed by atoms with Gasteiger partial charge >= 0.3 is 5.97 Å². The van der Waals surface area contributed by atoms with Crippen molar-refractivity contribution in [1.82, 2.24) is 0 Å². The van der Waals surface area contributed by atoms with Crippen LogP contribution in [0.1, 0.15) is 50.9 Å². The number of nitrogens with one attached hydrogen (secondary N) is 2. The molecule has 1 fully saturated rings. The van der Waals surface area contributed by atoms with Crippen molar-refractivity contribution in [3.63, 3.8) is 0 Å². The third kappa shape index (κ3) is 3.77. The highest BCUT2D eigenvalue weighted by Gasteiger charge is 2.29. The van der Waals surface area contributed by atoms with Gasteiger partial charge in [0.15, 0.2) is 0 Å². The van der Waals surface area contributed by atoms with Gasteiger partial charge in [-0.05, 0) is 56.0 Å². The van der Waals surface area contributed by atoms with Gasteiger partial charge in [-0.15, -0.1) is 11.3 Å². The monoisotopic (exact) mass is 372 g/mol. The number of thiophene rings is 1. The number of benzene rings is 1. The maximum absolute atomic E-state index is 12.5. The lowest BCUT2D eigenvalue weighted by Gasteiger charge is -2.07. The average Bonchev–Trinajstić information content (AvgIpc) is 3.39. The largest absolute Gasteiger partial charge is 0.478 e. The number of carbonyl (C=O) groups is 3. The molecule has 0 atom stereocenters. The van der Waals surface area contributed by atoms with E-state index in [9.17, 15) is 19.5 Å². The summed E-state index contributed by atoms with van der Waals surface area (Å²) < 4.78 is 0. The minimum absolute atomic E-state index is 0.00876. The van der Waals surface area contributed by atoms with Crippen LogP contribution in [0.15, 0.2) is 24.3 Å². The summed E-state index contributed by atoms with van der Waals surface area (Å²) in [5.74, 6) is -1.30. The standard InChI is InChI=1S/C19H20N2O4S/c1-3-14-10(2)26-18(15(14)19(24)25)21-17(23)12-6-8-13(9-7-12)20-16(22)11-4-5-11/h6-9,11H,3-5H2,1-2H3,(H,20,22)(H,21,23)(H,24,25). The predicted molar refractivity (Wildman–Crippen MR) is 101 cm³/mol. The molecule has 0 unspecified atom stereocenters. The molecule has 1 aliphatic carbocycles. The minimum Gasteiger partial charge on any atom is -0.478 e. The number of carboxylic acid groups (broad SMARTS) is 1. The van der Waals surface area contributed by atoms with Crippen LogP contribution in [-0.4, -0.2) is 22.9 Å². The van der Waals surface area contributed by atoms with Crippen LogP contribution in [0.3, 0.4) is 0 Å². The molecule has 26 heavy (non-hydrogen) atoms. The summed E-state index contributed by atoms with van der Waals surface area (Å²) in [7, 11) is 0. The molecular weight excluding hydrogens is 352 g/mol. The van der Waals surface area contributed by atoms with Gasteiger partial charge in [0.05, 0.1) is 5.56 Å². The smallest absolute Gasteiger partial charge is 0.339 e. The molecule has 0 radical (unpaired) electrons. The molecule has 2 aromatic rings. The van der Waals surface area contributed by atoms with Crippen molar-refractivity contribution < 1.29 is 19.5 Å². The molecule has 7 heteroatoms. The molecule has 6 nitrogen and oxygen atoms in total. The highest BCUT2D eigenvalue weighted by atomic mass is 32.1. The van der Waals surface area contributed by atoms with E-state index in [1.165, 1.54) is 11.3 Å². The predicted octanol–water partition coefficient (Wildman–Crippen LogP) is 3.92. The number of carboxylic acids is 1. The highest BCUT2D eigenvalue weighted by molar-refractivity contribution is 7.16. The van der Waals surface area contributed by atoms with Crippen LogP contribution in [-0.2, 0) is 11.2 Å². The molecule has 1 aromatic carbocycles. The maximum atomic E-state index is 12.5. The highest BCUT2D eigenvalue weighted by Crippen LogP contribution is 2.34. The van der Waals surface area contributed by atoms with Crippen LogP contribution in [0.25, 0.3) is 0 Å². The van der Waals surface area contributed by atoms with Crippen LogP contribution in [0.4, 0.5) is 10.7 Å². The van der Waals surface area contributed by atoms with Gasteiger partial charge in [-0.25, -0.2) is 4.79 Å². The lowest BCUT2D eigenvalue weighted by Crippen LogP contribution is -2.15. The lowest BCUT2D eigenvalue weighted by molar-refractivity contribution is -0.117. The van der Waals surface area contributed by atoms with Crippen molar-refractivity contribution in [3.8, 4) is 0 Å². The van der Waals surface area contributed by atoms with Crippen LogP contribution in [0, 0.1) is 12.8 Å². The van der Waals surface area contributed by atoms with Crippen LogP contribution in [0.2, 0.25) is 0 Å². The van der Waals surface area contributed by atoms with Gasteiger partial charge in [-0.3, -0.25) is 9.59 Å². The van der Waals surface area contributed by atoms with Crippen molar-refractivity contribution in [1.29, 1.82) is 0 Å². The van der Waals surface area contributed by atoms with Crippen molar-refractivity contribution in [2.75, 3.05) is 10.6 Å². The Bertz CT molecular complexity index is 866. The van der Waals surface area contributed by atoms with Crippen molar-refractivity contribution >= 4 is 39.8 Å². The minimum atomic E-state index is -1.04. The first kappa shape index (κ1) is 18.1. The Morgan fingerprint density at radius 2 is 1.81 bits per heavy atom. The second-order valence-corrected chi connectivity index (χ2v) is 7.52. The Labute approximate surface area is 155 Å². The van der Waals surface area contributed by atoms with E-state index < -0.39 is 5.97 Å². The van der Waals surface area contributed by atoms with Gasteiger partial charge in [0, 0.05) is 22.0 Å². The fourth-order valence-corrected chi connectivity index (χ4v) is 3.92. The molecule has 0 spiro atoms. The van der Waals surface area contributed by atoms with E-state index in [4.69, 9.17) is 0 Å². The number of carbonyl (C=O) groups excluding carboxylic acids is 2. The SMILES string of the molecule is CCc1c(C)sc(NC(=O)c2ccc(NC(=O)C3CC3)cc2)c1C(=O)O. The van der Waals surface area contributed by atoms with Crippen LogP contribution in [0.5, 0.6) is 0 Å². The molecule has 3 rings (SSSR count). The molecule has 1 aliphatic rings. The first-order chi connectivity index (χ1) is 12.4. The number of hydrogen-bond donors (Lipinski definition) is 3. The van der Waals surface area contributed by atoms with Crippen molar-refractivity contribution in [2.45, 2.75) is 33.1 Å². The number of aryl methyl sites for hydroxylation is 1. The van der Waals surface area contributed by atoms with Crippen LogP contribution < -0.4 is 10.6 Å². The zero-order valence-electron chi connectivity index (χ0n) is 14.6.